The summed E-state index contributed by atoms with van der Waals surface area (Å²) < 4.78 is 6.37. The van der Waals surface area contributed by atoms with Crippen molar-refractivity contribution in [1.82, 2.24) is 10.2 Å². The fraction of sp³-hybridized carbons (Fsp3) is 0.308. The Labute approximate surface area is 115 Å². The van der Waals surface area contributed by atoms with Gasteiger partial charge in [0.1, 0.15) is 11.6 Å². The SMILES string of the molecule is COc1c(Br)cc(C(C)C)cc1-c1cc(N)n[nH]1. The number of nitrogens with one attached hydrogen (secondary N) is 1. The van der Waals surface area contributed by atoms with Crippen molar-refractivity contribution < 1.29 is 4.74 Å². The van der Waals surface area contributed by atoms with Gasteiger partial charge in [0.05, 0.1) is 17.3 Å². The predicted octanol–water partition coefficient (Wildman–Crippen LogP) is 3.55. The molecule has 0 atom stereocenters. The Morgan fingerprint density at radius 1 is 1.33 bits per heavy atom. The Balaban J connectivity index is 2.63. The van der Waals surface area contributed by atoms with E-state index in [1.165, 1.54) is 5.56 Å². The van der Waals surface area contributed by atoms with E-state index < -0.39 is 0 Å². The van der Waals surface area contributed by atoms with Crippen LogP contribution < -0.4 is 10.5 Å². The molecule has 5 heteroatoms. The molecule has 0 aliphatic rings. The summed E-state index contributed by atoms with van der Waals surface area (Å²) in [5.41, 5.74) is 8.69. The van der Waals surface area contributed by atoms with Crippen molar-refractivity contribution in [3.8, 4) is 17.0 Å². The fourth-order valence-electron chi connectivity index (χ4n) is 1.83. The van der Waals surface area contributed by atoms with Crippen molar-refractivity contribution in [3.05, 3.63) is 28.2 Å². The number of rotatable bonds is 3. The molecule has 0 aliphatic carbocycles. The number of benzene rings is 1. The Morgan fingerprint density at radius 3 is 2.56 bits per heavy atom. The molecule has 3 N–H and O–H groups in total. The van der Waals surface area contributed by atoms with Crippen LogP contribution in [0.15, 0.2) is 22.7 Å². The van der Waals surface area contributed by atoms with E-state index in [1.54, 1.807) is 13.2 Å². The monoisotopic (exact) mass is 309 g/mol. The number of ether oxygens (including phenoxy) is 1. The molecule has 0 bridgehead atoms. The number of hydrogen-bond donors (Lipinski definition) is 2. The number of nitrogens with two attached hydrogens (primary N) is 1. The Morgan fingerprint density at radius 2 is 2.06 bits per heavy atom. The number of anilines is 1. The molecule has 96 valence electrons. The molecule has 18 heavy (non-hydrogen) atoms. The van der Waals surface area contributed by atoms with E-state index >= 15 is 0 Å². The smallest absolute Gasteiger partial charge is 0.145 e. The van der Waals surface area contributed by atoms with Gasteiger partial charge in [0.25, 0.3) is 0 Å². The molecule has 1 heterocycles. The second-order valence-electron chi connectivity index (χ2n) is 4.44. The van der Waals surface area contributed by atoms with Gasteiger partial charge in [0.15, 0.2) is 0 Å². The fourth-order valence-corrected chi connectivity index (χ4v) is 2.47. The van der Waals surface area contributed by atoms with Crippen LogP contribution in [0.3, 0.4) is 0 Å². The minimum absolute atomic E-state index is 0.436. The highest BCUT2D eigenvalue weighted by atomic mass is 79.9. The third kappa shape index (κ3) is 2.36. The molecule has 0 spiro atoms. The number of nitrogens with zero attached hydrogens (tertiary/aromatic N) is 1. The molecular formula is C13H16BrN3O. The number of H-pyrrole nitrogens is 1. The molecule has 0 amide bonds. The van der Waals surface area contributed by atoms with E-state index in [0.29, 0.717) is 11.7 Å². The van der Waals surface area contributed by atoms with Gasteiger partial charge in [-0.05, 0) is 39.5 Å². The lowest BCUT2D eigenvalue weighted by Crippen LogP contribution is -1.94. The Hall–Kier alpha value is -1.49. The molecule has 4 nitrogen and oxygen atoms in total. The van der Waals surface area contributed by atoms with Crippen LogP contribution in [0.1, 0.15) is 25.3 Å². The molecule has 0 fully saturated rings. The first-order valence-corrected chi connectivity index (χ1v) is 6.51. The van der Waals surface area contributed by atoms with Gasteiger partial charge in [-0.1, -0.05) is 13.8 Å². The lowest BCUT2D eigenvalue weighted by Gasteiger charge is -2.13. The number of methoxy groups -OCH3 is 1. The van der Waals surface area contributed by atoms with Crippen LogP contribution in [-0.2, 0) is 0 Å². The van der Waals surface area contributed by atoms with Crippen LogP contribution in [0.2, 0.25) is 0 Å². The zero-order chi connectivity index (χ0) is 13.3. The number of hydrogen-bond acceptors (Lipinski definition) is 3. The maximum absolute atomic E-state index is 5.65. The number of halogens is 1. The Kier molecular flexibility index (Phi) is 3.61. The van der Waals surface area contributed by atoms with E-state index in [-0.39, 0.29) is 0 Å². The van der Waals surface area contributed by atoms with Gasteiger partial charge < -0.3 is 10.5 Å². The summed E-state index contributed by atoms with van der Waals surface area (Å²) in [7, 11) is 1.65. The zero-order valence-corrected chi connectivity index (χ0v) is 12.2. The van der Waals surface area contributed by atoms with Gasteiger partial charge in [-0.3, -0.25) is 5.10 Å². The quantitative estimate of drug-likeness (QED) is 0.911. The van der Waals surface area contributed by atoms with Crippen molar-refractivity contribution >= 4 is 21.7 Å². The first kappa shape index (κ1) is 13.0. The van der Waals surface area contributed by atoms with E-state index in [1.807, 2.05) is 0 Å². The van der Waals surface area contributed by atoms with Crippen LogP contribution in [0.5, 0.6) is 5.75 Å². The van der Waals surface area contributed by atoms with E-state index in [4.69, 9.17) is 10.5 Å². The summed E-state index contributed by atoms with van der Waals surface area (Å²) in [5, 5.41) is 6.87. The minimum Gasteiger partial charge on any atom is -0.495 e. The van der Waals surface area contributed by atoms with Gasteiger partial charge >= 0.3 is 0 Å². The van der Waals surface area contributed by atoms with Gasteiger partial charge in [0.2, 0.25) is 0 Å². The zero-order valence-electron chi connectivity index (χ0n) is 10.6. The number of nitrogen functional groups attached to an aromatic ring is 1. The molecule has 0 saturated carbocycles. The second kappa shape index (κ2) is 5.02. The van der Waals surface area contributed by atoms with Gasteiger partial charge in [0, 0.05) is 11.6 Å². The molecule has 0 saturated heterocycles. The molecular weight excluding hydrogens is 294 g/mol. The van der Waals surface area contributed by atoms with Crippen molar-refractivity contribution in [3.63, 3.8) is 0 Å². The second-order valence-corrected chi connectivity index (χ2v) is 5.30. The predicted molar refractivity (Wildman–Crippen MR) is 76.8 cm³/mol. The van der Waals surface area contributed by atoms with Gasteiger partial charge in [-0.25, -0.2) is 0 Å². The van der Waals surface area contributed by atoms with Crippen LogP contribution in [-0.4, -0.2) is 17.3 Å². The summed E-state index contributed by atoms with van der Waals surface area (Å²) >= 11 is 3.54. The first-order chi connectivity index (χ1) is 8.52. The van der Waals surface area contributed by atoms with Crippen LogP contribution in [0, 0.1) is 0 Å². The molecule has 2 aromatic rings. The number of aromatic amines is 1. The van der Waals surface area contributed by atoms with E-state index in [9.17, 15) is 0 Å². The third-order valence-electron chi connectivity index (χ3n) is 2.82. The van der Waals surface area contributed by atoms with Gasteiger partial charge in [-0.15, -0.1) is 0 Å². The highest BCUT2D eigenvalue weighted by Crippen LogP contribution is 2.38. The molecule has 0 radical (unpaired) electrons. The average molecular weight is 310 g/mol. The molecule has 1 aromatic carbocycles. The van der Waals surface area contributed by atoms with Gasteiger partial charge in [-0.2, -0.15) is 5.10 Å². The van der Waals surface area contributed by atoms with Crippen molar-refractivity contribution in [2.75, 3.05) is 12.8 Å². The standard InChI is InChI=1S/C13H16BrN3O/c1-7(2)8-4-9(11-6-12(15)17-16-11)13(18-3)10(14)5-8/h4-7H,1-3H3,(H3,15,16,17). The first-order valence-electron chi connectivity index (χ1n) is 5.71. The lowest BCUT2D eigenvalue weighted by atomic mass is 9.99. The van der Waals surface area contributed by atoms with Crippen LogP contribution in [0.25, 0.3) is 11.3 Å². The summed E-state index contributed by atoms with van der Waals surface area (Å²) in [6, 6.07) is 5.97. The van der Waals surface area contributed by atoms with Crippen LogP contribution >= 0.6 is 15.9 Å². The van der Waals surface area contributed by atoms with Crippen molar-refractivity contribution in [1.29, 1.82) is 0 Å². The van der Waals surface area contributed by atoms with E-state index in [0.717, 1.165) is 21.5 Å². The summed E-state index contributed by atoms with van der Waals surface area (Å²) in [5.74, 6) is 1.69. The highest BCUT2D eigenvalue weighted by molar-refractivity contribution is 9.10. The summed E-state index contributed by atoms with van der Waals surface area (Å²) in [4.78, 5) is 0. The van der Waals surface area contributed by atoms with Crippen molar-refractivity contribution in [2.45, 2.75) is 19.8 Å². The van der Waals surface area contributed by atoms with Crippen LogP contribution in [0.4, 0.5) is 5.82 Å². The van der Waals surface area contributed by atoms with E-state index in [2.05, 4.69) is 52.1 Å². The molecule has 0 aliphatic heterocycles. The largest absolute Gasteiger partial charge is 0.495 e. The average Bonchev–Trinajstić information content (AvgIpc) is 2.74. The lowest BCUT2D eigenvalue weighted by molar-refractivity contribution is 0.413. The molecule has 1 aromatic heterocycles. The summed E-state index contributed by atoms with van der Waals surface area (Å²) in [6.07, 6.45) is 0. The number of aromatic nitrogens is 2. The summed E-state index contributed by atoms with van der Waals surface area (Å²) in [6.45, 7) is 4.30. The topological polar surface area (TPSA) is 63.9 Å². The Bertz CT molecular complexity index is 563. The minimum atomic E-state index is 0.436. The maximum atomic E-state index is 5.65. The van der Waals surface area contributed by atoms with Crippen molar-refractivity contribution in [2.24, 2.45) is 0 Å². The normalized spacial score (nSPS) is 10.9. The maximum Gasteiger partial charge on any atom is 0.145 e. The molecule has 2 rings (SSSR count). The highest BCUT2D eigenvalue weighted by Gasteiger charge is 2.14. The molecule has 0 unspecified atom stereocenters. The third-order valence-corrected chi connectivity index (χ3v) is 3.41.